The van der Waals surface area contributed by atoms with Crippen molar-refractivity contribution >= 4 is 15.9 Å². The van der Waals surface area contributed by atoms with Crippen molar-refractivity contribution in [2.45, 2.75) is 36.4 Å². The molecule has 1 aromatic carbocycles. The van der Waals surface area contributed by atoms with Gasteiger partial charge < -0.3 is 5.11 Å². The number of halogens is 1. The number of alkyl halides is 1. The first-order valence-corrected chi connectivity index (χ1v) is 7.23. The minimum atomic E-state index is -0.163. The number of aliphatic hydroxyl groups excluding tert-OH is 1. The van der Waals surface area contributed by atoms with E-state index in [1.165, 1.54) is 5.56 Å². The Morgan fingerprint density at radius 3 is 2.65 bits per heavy atom. The van der Waals surface area contributed by atoms with Crippen LogP contribution >= 0.6 is 15.9 Å². The minimum Gasteiger partial charge on any atom is -0.391 e. The summed E-state index contributed by atoms with van der Waals surface area (Å²) in [6.07, 6.45) is 0.794. The van der Waals surface area contributed by atoms with E-state index in [-0.39, 0.29) is 12.1 Å². The Kier molecular flexibility index (Phi) is 3.01. The van der Waals surface area contributed by atoms with Gasteiger partial charge in [0.15, 0.2) is 0 Å². The third kappa shape index (κ3) is 1.85. The lowest BCUT2D eigenvalue weighted by atomic mass is 10.0. The molecule has 1 aliphatic heterocycles. The van der Waals surface area contributed by atoms with Gasteiger partial charge in [0.1, 0.15) is 0 Å². The molecule has 3 heteroatoms. The van der Waals surface area contributed by atoms with E-state index in [1.807, 2.05) is 0 Å². The first-order valence-electron chi connectivity index (χ1n) is 6.31. The maximum atomic E-state index is 10.1. The van der Waals surface area contributed by atoms with Gasteiger partial charge in [-0.15, -0.1) is 0 Å². The number of likely N-dealkylation sites (tertiary alicyclic amines) is 1. The first kappa shape index (κ1) is 11.7. The maximum Gasteiger partial charge on any atom is 0.0710 e. The van der Waals surface area contributed by atoms with Gasteiger partial charge in [-0.25, -0.2) is 0 Å². The molecule has 2 nitrogen and oxygen atoms in total. The summed E-state index contributed by atoms with van der Waals surface area (Å²) in [4.78, 5) is 2.91. The normalized spacial score (nSPS) is 38.5. The Hall–Kier alpha value is -0.380. The molecule has 0 amide bonds. The fraction of sp³-hybridized carbons (Fsp3) is 0.571. The van der Waals surface area contributed by atoms with Crippen LogP contribution in [0.1, 0.15) is 24.9 Å². The standard InChI is InChI=1S/C14H18BrNO/c1-9(10-5-3-2-4-6-10)16-8-11-7-12(17)14(16)13(11)15/h2-6,9,11-14,17H,7-8H2,1H3/t9-,11+,12-,13+,14+/m0/s1. The van der Waals surface area contributed by atoms with Crippen LogP contribution in [0.2, 0.25) is 0 Å². The fourth-order valence-corrected chi connectivity index (χ4v) is 4.42. The summed E-state index contributed by atoms with van der Waals surface area (Å²) >= 11 is 3.75. The van der Waals surface area contributed by atoms with Gasteiger partial charge in [-0.2, -0.15) is 0 Å². The highest BCUT2D eigenvalue weighted by atomic mass is 79.9. The molecule has 1 N–H and O–H groups in total. The Morgan fingerprint density at radius 1 is 1.35 bits per heavy atom. The minimum absolute atomic E-state index is 0.163. The summed E-state index contributed by atoms with van der Waals surface area (Å²) in [7, 11) is 0. The molecule has 0 radical (unpaired) electrons. The van der Waals surface area contributed by atoms with Crippen molar-refractivity contribution in [2.24, 2.45) is 5.92 Å². The smallest absolute Gasteiger partial charge is 0.0710 e. The van der Waals surface area contributed by atoms with Crippen molar-refractivity contribution in [1.29, 1.82) is 0 Å². The Bertz CT molecular complexity index is 396. The third-order valence-corrected chi connectivity index (χ3v) is 5.61. The topological polar surface area (TPSA) is 23.5 Å². The van der Waals surface area contributed by atoms with Crippen LogP contribution in [0.25, 0.3) is 0 Å². The lowest BCUT2D eigenvalue weighted by Crippen LogP contribution is -2.43. The molecule has 1 aliphatic carbocycles. The fourth-order valence-electron chi connectivity index (χ4n) is 3.38. The van der Waals surface area contributed by atoms with Gasteiger partial charge in [0.05, 0.1) is 6.10 Å². The van der Waals surface area contributed by atoms with Crippen molar-refractivity contribution in [3.05, 3.63) is 35.9 Å². The zero-order valence-electron chi connectivity index (χ0n) is 9.96. The highest BCUT2D eigenvalue weighted by Gasteiger charge is 2.52. The molecule has 0 unspecified atom stereocenters. The lowest BCUT2D eigenvalue weighted by molar-refractivity contribution is 0.0368. The first-order chi connectivity index (χ1) is 8.18. The molecule has 92 valence electrons. The van der Waals surface area contributed by atoms with Crippen molar-refractivity contribution in [3.63, 3.8) is 0 Å². The average molecular weight is 296 g/mol. The number of hydrogen-bond donors (Lipinski definition) is 1. The Morgan fingerprint density at radius 2 is 2.06 bits per heavy atom. The molecular weight excluding hydrogens is 278 g/mol. The van der Waals surface area contributed by atoms with Gasteiger partial charge in [0.2, 0.25) is 0 Å². The Balaban J connectivity index is 1.82. The highest BCUT2D eigenvalue weighted by Crippen LogP contribution is 2.45. The molecule has 2 fully saturated rings. The van der Waals surface area contributed by atoms with Gasteiger partial charge in [-0.3, -0.25) is 4.90 Å². The van der Waals surface area contributed by atoms with E-state index in [9.17, 15) is 5.11 Å². The second-order valence-corrected chi connectivity index (χ2v) is 6.34. The third-order valence-electron chi connectivity index (χ3n) is 4.32. The predicted molar refractivity (Wildman–Crippen MR) is 72.2 cm³/mol. The van der Waals surface area contributed by atoms with E-state index >= 15 is 0 Å². The molecular formula is C14H18BrNO. The summed E-state index contributed by atoms with van der Waals surface area (Å²) in [6.45, 7) is 3.34. The van der Waals surface area contributed by atoms with Crippen molar-refractivity contribution in [3.8, 4) is 0 Å². The van der Waals surface area contributed by atoms with E-state index in [0.717, 1.165) is 13.0 Å². The highest BCUT2D eigenvalue weighted by molar-refractivity contribution is 9.09. The van der Waals surface area contributed by atoms with Crippen LogP contribution in [0.5, 0.6) is 0 Å². The largest absolute Gasteiger partial charge is 0.391 e. The van der Waals surface area contributed by atoms with E-state index in [2.05, 4.69) is 58.1 Å². The monoisotopic (exact) mass is 295 g/mol. The van der Waals surface area contributed by atoms with Crippen LogP contribution in [-0.2, 0) is 0 Å². The average Bonchev–Trinajstić information content (AvgIpc) is 2.81. The lowest BCUT2D eigenvalue weighted by Gasteiger charge is -2.35. The molecule has 17 heavy (non-hydrogen) atoms. The van der Waals surface area contributed by atoms with Crippen LogP contribution in [0.4, 0.5) is 0 Å². The van der Waals surface area contributed by atoms with Gasteiger partial charge in [0.25, 0.3) is 0 Å². The molecule has 0 spiro atoms. The molecule has 2 bridgehead atoms. The summed E-state index contributed by atoms with van der Waals surface area (Å²) in [5.74, 6) is 0.612. The number of aliphatic hydroxyl groups is 1. The second kappa shape index (κ2) is 4.38. The van der Waals surface area contributed by atoms with Crippen LogP contribution in [-0.4, -0.2) is 33.5 Å². The van der Waals surface area contributed by atoms with Gasteiger partial charge in [-0.05, 0) is 24.8 Å². The predicted octanol–water partition coefficient (Wildman–Crippen LogP) is 2.58. The second-order valence-electron chi connectivity index (χ2n) is 5.28. The zero-order chi connectivity index (χ0) is 12.0. The number of hydrogen-bond acceptors (Lipinski definition) is 2. The van der Waals surface area contributed by atoms with Crippen LogP contribution < -0.4 is 0 Å². The van der Waals surface area contributed by atoms with E-state index < -0.39 is 0 Å². The maximum absolute atomic E-state index is 10.1. The molecule has 3 rings (SSSR count). The number of rotatable bonds is 2. The van der Waals surface area contributed by atoms with Crippen LogP contribution in [0.15, 0.2) is 30.3 Å². The van der Waals surface area contributed by atoms with Gasteiger partial charge in [-0.1, -0.05) is 46.3 Å². The van der Waals surface area contributed by atoms with E-state index in [4.69, 9.17) is 0 Å². The number of nitrogens with zero attached hydrogens (tertiary/aromatic N) is 1. The van der Waals surface area contributed by atoms with Crippen molar-refractivity contribution < 1.29 is 5.11 Å². The Labute approximate surface area is 111 Å². The quantitative estimate of drug-likeness (QED) is 0.848. The molecule has 5 atom stereocenters. The summed E-state index contributed by atoms with van der Waals surface area (Å²) in [5, 5.41) is 10.1. The number of piperidine rings is 1. The molecule has 1 saturated heterocycles. The van der Waals surface area contributed by atoms with Crippen molar-refractivity contribution in [2.75, 3.05) is 6.54 Å². The van der Waals surface area contributed by atoms with Crippen molar-refractivity contribution in [1.82, 2.24) is 4.90 Å². The SMILES string of the molecule is C[C@@H](c1ccccc1)N1C[C@H]2C[C@H](O)[C@@H]1[C@@H]2Br. The van der Waals surface area contributed by atoms with Gasteiger partial charge >= 0.3 is 0 Å². The zero-order valence-corrected chi connectivity index (χ0v) is 11.5. The van der Waals surface area contributed by atoms with E-state index in [0.29, 0.717) is 16.8 Å². The van der Waals surface area contributed by atoms with Gasteiger partial charge in [0, 0.05) is 23.5 Å². The summed E-state index contributed by atoms with van der Waals surface area (Å²) in [5.41, 5.74) is 1.34. The molecule has 0 aromatic heterocycles. The van der Waals surface area contributed by atoms with E-state index in [1.54, 1.807) is 0 Å². The van der Waals surface area contributed by atoms with Crippen LogP contribution in [0, 0.1) is 5.92 Å². The molecule has 1 heterocycles. The number of benzene rings is 1. The molecule has 1 saturated carbocycles. The molecule has 2 aliphatic rings. The number of fused-ring (bicyclic) bond motifs is 2. The summed E-state index contributed by atoms with van der Waals surface area (Å²) < 4.78 is 0. The molecule has 1 aromatic rings. The van der Waals surface area contributed by atoms with Crippen LogP contribution in [0.3, 0.4) is 0 Å². The summed E-state index contributed by atoms with van der Waals surface area (Å²) in [6, 6.07) is 11.2.